The second-order valence-electron chi connectivity index (χ2n) is 5.05. The van der Waals surface area contributed by atoms with E-state index in [1.54, 1.807) is 0 Å². The van der Waals surface area contributed by atoms with E-state index in [0.29, 0.717) is 6.04 Å². The zero-order chi connectivity index (χ0) is 13.8. The average Bonchev–Trinajstić information content (AvgIpc) is 2.97. The van der Waals surface area contributed by atoms with E-state index in [4.69, 9.17) is 0 Å². The Morgan fingerprint density at radius 3 is 2.74 bits per heavy atom. The van der Waals surface area contributed by atoms with Crippen molar-refractivity contribution < 1.29 is 0 Å². The molecule has 2 aromatic rings. The maximum absolute atomic E-state index is 4.35. The monoisotopic (exact) mass is 261 g/mol. The zero-order valence-corrected chi connectivity index (χ0v) is 12.2. The van der Waals surface area contributed by atoms with Crippen molar-refractivity contribution in [3.8, 4) is 0 Å². The summed E-state index contributed by atoms with van der Waals surface area (Å²) in [5.41, 5.74) is 3.72. The molecule has 0 fully saturated rings. The Hall–Kier alpha value is -1.62. The standard InChI is InChI=1S/C14H23N5/c1-5-18-14(12(4)8-17-18)10-15-9-13-6-7-16-19(13)11(2)3/h6-8,11,15H,5,9-10H2,1-4H3. The summed E-state index contributed by atoms with van der Waals surface area (Å²) in [6, 6.07) is 2.46. The van der Waals surface area contributed by atoms with Crippen molar-refractivity contribution in [1.82, 2.24) is 24.9 Å². The molecule has 0 amide bonds. The molecule has 0 saturated carbocycles. The minimum absolute atomic E-state index is 0.398. The second kappa shape index (κ2) is 6.02. The number of nitrogens with one attached hydrogen (secondary N) is 1. The van der Waals surface area contributed by atoms with Gasteiger partial charge in [0, 0.05) is 31.9 Å². The first kappa shape index (κ1) is 13.8. The summed E-state index contributed by atoms with van der Waals surface area (Å²) in [7, 11) is 0. The Kier molecular flexibility index (Phi) is 4.37. The molecular formula is C14H23N5. The minimum atomic E-state index is 0.398. The molecule has 0 aliphatic heterocycles. The lowest BCUT2D eigenvalue weighted by Gasteiger charge is -2.12. The molecule has 2 rings (SSSR count). The third-order valence-electron chi connectivity index (χ3n) is 3.30. The average molecular weight is 261 g/mol. The van der Waals surface area contributed by atoms with Crippen LogP contribution in [0.5, 0.6) is 0 Å². The lowest BCUT2D eigenvalue weighted by molar-refractivity contribution is 0.490. The third-order valence-corrected chi connectivity index (χ3v) is 3.30. The van der Waals surface area contributed by atoms with Crippen LogP contribution in [0.4, 0.5) is 0 Å². The Morgan fingerprint density at radius 1 is 1.26 bits per heavy atom. The molecule has 2 aromatic heterocycles. The summed E-state index contributed by atoms with van der Waals surface area (Å²) >= 11 is 0. The first-order valence-electron chi connectivity index (χ1n) is 6.87. The number of hydrogen-bond donors (Lipinski definition) is 1. The molecule has 5 nitrogen and oxygen atoms in total. The predicted octanol–water partition coefficient (Wildman–Crippen LogP) is 2.28. The lowest BCUT2D eigenvalue weighted by Crippen LogP contribution is -2.19. The van der Waals surface area contributed by atoms with E-state index in [1.807, 2.05) is 17.1 Å². The van der Waals surface area contributed by atoms with Crippen molar-refractivity contribution in [2.24, 2.45) is 0 Å². The van der Waals surface area contributed by atoms with E-state index >= 15 is 0 Å². The molecule has 1 N–H and O–H groups in total. The fourth-order valence-corrected chi connectivity index (χ4v) is 2.26. The third kappa shape index (κ3) is 3.04. The number of aromatic nitrogens is 4. The van der Waals surface area contributed by atoms with Crippen LogP contribution in [0.2, 0.25) is 0 Å². The molecule has 19 heavy (non-hydrogen) atoms. The van der Waals surface area contributed by atoms with Gasteiger partial charge < -0.3 is 5.32 Å². The first-order valence-corrected chi connectivity index (χ1v) is 6.87. The highest BCUT2D eigenvalue weighted by atomic mass is 15.3. The van der Waals surface area contributed by atoms with Crippen molar-refractivity contribution in [3.63, 3.8) is 0 Å². The predicted molar refractivity (Wildman–Crippen MR) is 75.8 cm³/mol. The van der Waals surface area contributed by atoms with Crippen LogP contribution in [0.25, 0.3) is 0 Å². The molecule has 0 aliphatic rings. The molecule has 5 heteroatoms. The topological polar surface area (TPSA) is 47.7 Å². The summed E-state index contributed by atoms with van der Waals surface area (Å²) < 4.78 is 4.10. The molecule has 0 spiro atoms. The number of hydrogen-bond acceptors (Lipinski definition) is 3. The van der Waals surface area contributed by atoms with Gasteiger partial charge >= 0.3 is 0 Å². The molecule has 104 valence electrons. The second-order valence-corrected chi connectivity index (χ2v) is 5.05. The van der Waals surface area contributed by atoms with E-state index in [2.05, 4.69) is 54.0 Å². The van der Waals surface area contributed by atoms with Crippen LogP contribution < -0.4 is 5.32 Å². The van der Waals surface area contributed by atoms with Gasteiger partial charge in [-0.15, -0.1) is 0 Å². The number of aryl methyl sites for hydroxylation is 2. The summed E-state index contributed by atoms with van der Waals surface area (Å²) in [5, 5.41) is 12.2. The fourth-order valence-electron chi connectivity index (χ4n) is 2.26. The van der Waals surface area contributed by atoms with Gasteiger partial charge in [-0.2, -0.15) is 10.2 Å². The van der Waals surface area contributed by atoms with Gasteiger partial charge in [-0.05, 0) is 39.3 Å². The quantitative estimate of drug-likeness (QED) is 0.868. The van der Waals surface area contributed by atoms with Crippen molar-refractivity contribution in [1.29, 1.82) is 0 Å². The smallest absolute Gasteiger partial charge is 0.0551 e. The van der Waals surface area contributed by atoms with Gasteiger partial charge in [0.1, 0.15) is 0 Å². The highest BCUT2D eigenvalue weighted by molar-refractivity contribution is 5.15. The van der Waals surface area contributed by atoms with Crippen molar-refractivity contribution in [3.05, 3.63) is 35.4 Å². The van der Waals surface area contributed by atoms with E-state index < -0.39 is 0 Å². The summed E-state index contributed by atoms with van der Waals surface area (Å²) in [4.78, 5) is 0. The van der Waals surface area contributed by atoms with E-state index in [9.17, 15) is 0 Å². The zero-order valence-electron chi connectivity index (χ0n) is 12.2. The summed E-state index contributed by atoms with van der Waals surface area (Å²) in [6.07, 6.45) is 3.79. The van der Waals surface area contributed by atoms with E-state index in [0.717, 1.165) is 19.6 Å². The van der Waals surface area contributed by atoms with Crippen LogP contribution >= 0.6 is 0 Å². The highest BCUT2D eigenvalue weighted by Crippen LogP contribution is 2.09. The van der Waals surface area contributed by atoms with Crippen molar-refractivity contribution >= 4 is 0 Å². The van der Waals surface area contributed by atoms with Gasteiger partial charge in [0.05, 0.1) is 17.6 Å². The van der Waals surface area contributed by atoms with E-state index in [-0.39, 0.29) is 0 Å². The molecule has 0 aromatic carbocycles. The molecule has 0 saturated heterocycles. The Bertz CT molecular complexity index is 524. The van der Waals surface area contributed by atoms with Crippen LogP contribution in [-0.4, -0.2) is 19.6 Å². The van der Waals surface area contributed by atoms with Gasteiger partial charge in [-0.25, -0.2) is 0 Å². The Morgan fingerprint density at radius 2 is 2.05 bits per heavy atom. The van der Waals surface area contributed by atoms with Crippen LogP contribution in [0.15, 0.2) is 18.5 Å². The fraction of sp³-hybridized carbons (Fsp3) is 0.571. The largest absolute Gasteiger partial charge is 0.306 e. The molecule has 0 bridgehead atoms. The minimum Gasteiger partial charge on any atom is -0.306 e. The van der Waals surface area contributed by atoms with E-state index in [1.165, 1.54) is 17.0 Å². The van der Waals surface area contributed by atoms with Gasteiger partial charge in [0.15, 0.2) is 0 Å². The molecule has 0 aliphatic carbocycles. The van der Waals surface area contributed by atoms with Gasteiger partial charge in [0.2, 0.25) is 0 Å². The maximum Gasteiger partial charge on any atom is 0.0551 e. The SMILES string of the molecule is CCn1ncc(C)c1CNCc1ccnn1C(C)C. The van der Waals surface area contributed by atoms with Crippen LogP contribution in [0.1, 0.15) is 43.8 Å². The van der Waals surface area contributed by atoms with Crippen LogP contribution in [0, 0.1) is 6.92 Å². The Balaban J connectivity index is 1.96. The van der Waals surface area contributed by atoms with Gasteiger partial charge in [-0.1, -0.05) is 0 Å². The number of nitrogens with zero attached hydrogens (tertiary/aromatic N) is 4. The summed E-state index contributed by atoms with van der Waals surface area (Å²) in [6.45, 7) is 11.1. The molecule has 0 atom stereocenters. The maximum atomic E-state index is 4.35. The first-order chi connectivity index (χ1) is 9.13. The Labute approximate surface area is 114 Å². The lowest BCUT2D eigenvalue weighted by atomic mass is 10.2. The molecule has 0 unspecified atom stereocenters. The number of rotatable bonds is 6. The highest BCUT2D eigenvalue weighted by Gasteiger charge is 2.08. The summed E-state index contributed by atoms with van der Waals surface area (Å²) in [5.74, 6) is 0. The normalized spacial score (nSPS) is 11.4. The molecule has 2 heterocycles. The van der Waals surface area contributed by atoms with Crippen LogP contribution in [0.3, 0.4) is 0 Å². The van der Waals surface area contributed by atoms with Crippen molar-refractivity contribution in [2.75, 3.05) is 0 Å². The van der Waals surface area contributed by atoms with Gasteiger partial charge in [0.25, 0.3) is 0 Å². The van der Waals surface area contributed by atoms with Gasteiger partial charge in [-0.3, -0.25) is 9.36 Å². The molecular weight excluding hydrogens is 238 g/mol. The molecule has 0 radical (unpaired) electrons. The van der Waals surface area contributed by atoms with Crippen molar-refractivity contribution in [2.45, 2.75) is 53.4 Å². The van der Waals surface area contributed by atoms with Crippen LogP contribution in [-0.2, 0) is 19.6 Å².